The Morgan fingerprint density at radius 2 is 1.74 bits per heavy atom. The second-order valence-electron chi connectivity index (χ2n) is 5.26. The molecule has 0 saturated heterocycles. The fourth-order valence-electron chi connectivity index (χ4n) is 2.94. The first kappa shape index (κ1) is 15.1. The van der Waals surface area contributed by atoms with Crippen molar-refractivity contribution in [2.75, 3.05) is 21.3 Å². The SMILES string of the molecule is COC1=CC(=O)C=C(C)[C@@]12Oc1cc(OC)cc(OC)c1C2=O. The van der Waals surface area contributed by atoms with Crippen molar-refractivity contribution in [3.8, 4) is 17.2 Å². The van der Waals surface area contributed by atoms with E-state index in [4.69, 9.17) is 18.9 Å². The molecule has 1 aromatic carbocycles. The Bertz CT molecular complexity index is 774. The van der Waals surface area contributed by atoms with E-state index in [0.717, 1.165) is 0 Å². The third-order valence-corrected chi connectivity index (χ3v) is 4.06. The van der Waals surface area contributed by atoms with E-state index in [1.165, 1.54) is 33.5 Å². The fourth-order valence-corrected chi connectivity index (χ4v) is 2.94. The first-order chi connectivity index (χ1) is 11.0. The van der Waals surface area contributed by atoms with E-state index in [9.17, 15) is 9.59 Å². The highest BCUT2D eigenvalue weighted by Crippen LogP contribution is 2.49. The average Bonchev–Trinajstić information content (AvgIpc) is 2.84. The Morgan fingerprint density at radius 1 is 1.00 bits per heavy atom. The first-order valence-corrected chi connectivity index (χ1v) is 6.96. The minimum Gasteiger partial charge on any atom is -0.496 e. The highest BCUT2D eigenvalue weighted by molar-refractivity contribution is 6.16. The lowest BCUT2D eigenvalue weighted by atomic mass is 9.82. The first-order valence-electron chi connectivity index (χ1n) is 6.96. The Kier molecular flexibility index (Phi) is 3.39. The minimum absolute atomic E-state index is 0.157. The van der Waals surface area contributed by atoms with Crippen molar-refractivity contribution in [3.63, 3.8) is 0 Å². The molecule has 2 aliphatic rings. The van der Waals surface area contributed by atoms with Gasteiger partial charge in [-0.3, -0.25) is 9.59 Å². The summed E-state index contributed by atoms with van der Waals surface area (Å²) < 4.78 is 21.8. The maximum atomic E-state index is 13.1. The summed E-state index contributed by atoms with van der Waals surface area (Å²) in [5.74, 6) is 0.757. The Balaban J connectivity index is 2.22. The standard InChI is InChI=1S/C17H16O6/c1-9-5-10(18)6-14(22-4)17(9)16(19)15-12(21-3)7-11(20-2)8-13(15)23-17/h5-8H,1-4H3/t17-/m1/s1. The molecule has 1 spiro atoms. The van der Waals surface area contributed by atoms with Crippen molar-refractivity contribution < 1.29 is 28.5 Å². The van der Waals surface area contributed by atoms with Crippen molar-refractivity contribution in [2.45, 2.75) is 12.5 Å². The van der Waals surface area contributed by atoms with Crippen LogP contribution in [0.2, 0.25) is 0 Å². The third kappa shape index (κ3) is 1.94. The summed E-state index contributed by atoms with van der Waals surface area (Å²) in [6.45, 7) is 1.66. The zero-order valence-electron chi connectivity index (χ0n) is 13.3. The van der Waals surface area contributed by atoms with E-state index in [1.54, 1.807) is 19.1 Å². The van der Waals surface area contributed by atoms with Crippen molar-refractivity contribution in [3.05, 3.63) is 41.2 Å². The van der Waals surface area contributed by atoms with Crippen LogP contribution in [0.1, 0.15) is 17.3 Å². The van der Waals surface area contributed by atoms with E-state index in [2.05, 4.69) is 0 Å². The molecule has 0 aromatic heterocycles. The zero-order chi connectivity index (χ0) is 16.8. The summed E-state index contributed by atoms with van der Waals surface area (Å²) in [6.07, 6.45) is 2.64. The lowest BCUT2D eigenvalue weighted by molar-refractivity contribution is -0.111. The maximum absolute atomic E-state index is 13.1. The number of ether oxygens (including phenoxy) is 4. The van der Waals surface area contributed by atoms with Crippen molar-refractivity contribution in [1.29, 1.82) is 0 Å². The van der Waals surface area contributed by atoms with Gasteiger partial charge in [-0.05, 0) is 18.6 Å². The van der Waals surface area contributed by atoms with Crippen LogP contribution < -0.4 is 14.2 Å². The highest BCUT2D eigenvalue weighted by Gasteiger charge is 2.56. The number of hydrogen-bond acceptors (Lipinski definition) is 6. The van der Waals surface area contributed by atoms with E-state index in [-0.39, 0.29) is 17.3 Å². The summed E-state index contributed by atoms with van der Waals surface area (Å²) in [7, 11) is 4.38. The molecule has 1 aliphatic heterocycles. The molecule has 1 atom stereocenters. The van der Waals surface area contributed by atoms with Crippen LogP contribution in [0.15, 0.2) is 35.6 Å². The Morgan fingerprint density at radius 3 is 2.35 bits per heavy atom. The van der Waals surface area contributed by atoms with Gasteiger partial charge in [-0.15, -0.1) is 0 Å². The molecule has 120 valence electrons. The number of hydrogen-bond donors (Lipinski definition) is 0. The molecule has 6 heteroatoms. The Hall–Kier alpha value is -2.76. The largest absolute Gasteiger partial charge is 0.496 e. The molecule has 0 amide bonds. The molecule has 6 nitrogen and oxygen atoms in total. The molecular weight excluding hydrogens is 300 g/mol. The molecule has 1 aromatic rings. The van der Waals surface area contributed by atoms with Gasteiger partial charge in [0.15, 0.2) is 11.5 Å². The molecule has 1 aliphatic carbocycles. The van der Waals surface area contributed by atoms with Crippen LogP contribution in [0.25, 0.3) is 0 Å². The molecule has 0 bridgehead atoms. The molecule has 0 unspecified atom stereocenters. The van der Waals surface area contributed by atoms with Gasteiger partial charge in [0, 0.05) is 18.2 Å². The van der Waals surface area contributed by atoms with Crippen molar-refractivity contribution in [1.82, 2.24) is 0 Å². The highest BCUT2D eigenvalue weighted by atomic mass is 16.6. The molecular formula is C17H16O6. The van der Waals surface area contributed by atoms with Crippen LogP contribution in [-0.2, 0) is 9.53 Å². The smallest absolute Gasteiger partial charge is 0.249 e. The van der Waals surface area contributed by atoms with E-state index in [0.29, 0.717) is 28.4 Å². The lowest BCUT2D eigenvalue weighted by Crippen LogP contribution is -2.46. The molecule has 23 heavy (non-hydrogen) atoms. The topological polar surface area (TPSA) is 71.1 Å². The van der Waals surface area contributed by atoms with Gasteiger partial charge in [-0.1, -0.05) is 0 Å². The van der Waals surface area contributed by atoms with Gasteiger partial charge in [0.2, 0.25) is 11.4 Å². The van der Waals surface area contributed by atoms with Crippen LogP contribution in [0.4, 0.5) is 0 Å². The quantitative estimate of drug-likeness (QED) is 0.850. The Labute approximate surface area is 133 Å². The summed E-state index contributed by atoms with van der Waals surface area (Å²) in [5, 5.41) is 0. The fraction of sp³-hybridized carbons (Fsp3) is 0.294. The van der Waals surface area contributed by atoms with E-state index < -0.39 is 5.60 Å². The second kappa shape index (κ2) is 5.15. The number of methoxy groups -OCH3 is 3. The molecule has 0 fully saturated rings. The molecule has 0 radical (unpaired) electrons. The summed E-state index contributed by atoms with van der Waals surface area (Å²) in [6, 6.07) is 3.23. The van der Waals surface area contributed by atoms with Crippen LogP contribution >= 0.6 is 0 Å². The van der Waals surface area contributed by atoms with Gasteiger partial charge in [0.05, 0.1) is 21.3 Å². The second-order valence-corrected chi connectivity index (χ2v) is 5.26. The predicted molar refractivity (Wildman–Crippen MR) is 81.1 cm³/mol. The van der Waals surface area contributed by atoms with Crippen LogP contribution in [0.3, 0.4) is 0 Å². The number of benzene rings is 1. The molecule has 1 heterocycles. The third-order valence-electron chi connectivity index (χ3n) is 4.06. The number of carbonyl (C=O) groups excluding carboxylic acids is 2. The summed E-state index contributed by atoms with van der Waals surface area (Å²) in [5.41, 5.74) is -0.701. The number of rotatable bonds is 3. The number of Topliss-reactive ketones (excluding diaryl/α,β-unsaturated/α-hetero) is 1. The number of carbonyl (C=O) groups is 2. The van der Waals surface area contributed by atoms with Crippen molar-refractivity contribution >= 4 is 11.6 Å². The van der Waals surface area contributed by atoms with Gasteiger partial charge in [-0.25, -0.2) is 0 Å². The van der Waals surface area contributed by atoms with Crippen LogP contribution in [0.5, 0.6) is 17.2 Å². The molecule has 0 N–H and O–H groups in total. The van der Waals surface area contributed by atoms with Crippen molar-refractivity contribution in [2.24, 2.45) is 0 Å². The van der Waals surface area contributed by atoms with Crippen LogP contribution in [-0.4, -0.2) is 38.5 Å². The molecule has 3 rings (SSSR count). The van der Waals surface area contributed by atoms with Gasteiger partial charge >= 0.3 is 0 Å². The monoisotopic (exact) mass is 316 g/mol. The average molecular weight is 316 g/mol. The van der Waals surface area contributed by atoms with E-state index in [1.807, 2.05) is 0 Å². The van der Waals surface area contributed by atoms with Gasteiger partial charge in [0.1, 0.15) is 22.8 Å². The predicted octanol–water partition coefficient (Wildman–Crippen LogP) is 2.08. The number of fused-ring (bicyclic) bond motifs is 1. The minimum atomic E-state index is -1.47. The zero-order valence-corrected chi connectivity index (χ0v) is 13.3. The summed E-state index contributed by atoms with van der Waals surface area (Å²) >= 11 is 0. The number of allylic oxidation sites excluding steroid dienone is 2. The van der Waals surface area contributed by atoms with Gasteiger partial charge in [0.25, 0.3) is 0 Å². The van der Waals surface area contributed by atoms with Gasteiger partial charge < -0.3 is 18.9 Å². The summed E-state index contributed by atoms with van der Waals surface area (Å²) in [4.78, 5) is 24.9. The van der Waals surface area contributed by atoms with E-state index >= 15 is 0 Å². The van der Waals surface area contributed by atoms with Crippen LogP contribution in [0, 0.1) is 0 Å². The van der Waals surface area contributed by atoms with Gasteiger partial charge in [-0.2, -0.15) is 0 Å². The maximum Gasteiger partial charge on any atom is 0.249 e. The number of ketones is 2. The molecule has 0 saturated carbocycles. The normalized spacial score (nSPS) is 22.3. The lowest BCUT2D eigenvalue weighted by Gasteiger charge is -2.31.